The van der Waals surface area contributed by atoms with Gasteiger partial charge in [0, 0.05) is 11.1 Å². The third-order valence-electron chi connectivity index (χ3n) is 3.94. The molecular weight excluding hydrogens is 264 g/mol. The number of allylic oxidation sites excluding steroid dienone is 5. The molecule has 0 amide bonds. The number of hydrogen-bond donors (Lipinski definition) is 0. The Bertz CT molecular complexity index is 547. The van der Waals surface area contributed by atoms with Crippen LogP contribution in [0.15, 0.2) is 46.6 Å². The summed E-state index contributed by atoms with van der Waals surface area (Å²) in [6, 6.07) is 0. The lowest BCUT2D eigenvalue weighted by Gasteiger charge is -2.14. The molecular formula is C18H22O3. The van der Waals surface area contributed by atoms with Crippen molar-refractivity contribution >= 4 is 11.9 Å². The fourth-order valence-corrected chi connectivity index (χ4v) is 2.83. The van der Waals surface area contributed by atoms with Crippen LogP contribution in [-0.4, -0.2) is 11.9 Å². The molecule has 0 saturated carbocycles. The summed E-state index contributed by atoms with van der Waals surface area (Å²) in [6.07, 6.45) is 10.7. The molecule has 0 N–H and O–H groups in total. The van der Waals surface area contributed by atoms with Gasteiger partial charge in [0.15, 0.2) is 0 Å². The van der Waals surface area contributed by atoms with Crippen molar-refractivity contribution in [3.05, 3.63) is 46.6 Å². The molecule has 0 aromatic rings. The molecule has 112 valence electrons. The Morgan fingerprint density at radius 1 is 1.00 bits per heavy atom. The average molecular weight is 286 g/mol. The van der Waals surface area contributed by atoms with Crippen LogP contribution >= 0.6 is 0 Å². The molecule has 0 bridgehead atoms. The largest absolute Gasteiger partial charge is 0.386 e. The Balaban J connectivity index is 2.30. The molecule has 0 atom stereocenters. The first-order valence-electron chi connectivity index (χ1n) is 7.52. The van der Waals surface area contributed by atoms with E-state index in [0.717, 1.165) is 44.1 Å². The Morgan fingerprint density at radius 3 is 1.90 bits per heavy atom. The van der Waals surface area contributed by atoms with E-state index in [2.05, 4.69) is 18.7 Å². The van der Waals surface area contributed by atoms with Gasteiger partial charge >= 0.3 is 11.9 Å². The molecule has 0 heterocycles. The minimum atomic E-state index is -0.653. The van der Waals surface area contributed by atoms with Crippen LogP contribution in [0.25, 0.3) is 0 Å². The maximum Gasteiger partial charge on any atom is 0.342 e. The SMILES string of the molecule is C=C(C)C(=O)OC(=O)C(C)=C(C1=CCCC1)C1=CCCC1. The van der Waals surface area contributed by atoms with E-state index in [1.807, 2.05) is 0 Å². The molecule has 0 unspecified atom stereocenters. The second kappa shape index (κ2) is 6.70. The van der Waals surface area contributed by atoms with Gasteiger partial charge in [0.25, 0.3) is 0 Å². The van der Waals surface area contributed by atoms with Crippen molar-refractivity contribution in [2.24, 2.45) is 0 Å². The normalized spacial score (nSPS) is 17.0. The quantitative estimate of drug-likeness (QED) is 0.442. The molecule has 2 aliphatic rings. The minimum Gasteiger partial charge on any atom is -0.386 e. The summed E-state index contributed by atoms with van der Waals surface area (Å²) in [7, 11) is 0. The van der Waals surface area contributed by atoms with Crippen LogP contribution < -0.4 is 0 Å². The van der Waals surface area contributed by atoms with E-state index in [1.165, 1.54) is 18.1 Å². The summed E-state index contributed by atoms with van der Waals surface area (Å²) >= 11 is 0. The van der Waals surface area contributed by atoms with Crippen LogP contribution in [0.3, 0.4) is 0 Å². The predicted octanol–water partition coefficient (Wildman–Crippen LogP) is 4.17. The molecule has 0 aromatic carbocycles. The van der Waals surface area contributed by atoms with Crippen molar-refractivity contribution in [2.45, 2.75) is 52.4 Å². The van der Waals surface area contributed by atoms with E-state index in [0.29, 0.717) is 5.57 Å². The second-order valence-corrected chi connectivity index (χ2v) is 5.70. The monoisotopic (exact) mass is 286 g/mol. The lowest BCUT2D eigenvalue weighted by Crippen LogP contribution is -2.15. The van der Waals surface area contributed by atoms with E-state index < -0.39 is 11.9 Å². The lowest BCUT2D eigenvalue weighted by atomic mass is 9.92. The first kappa shape index (κ1) is 15.5. The van der Waals surface area contributed by atoms with Gasteiger partial charge in [0.2, 0.25) is 0 Å². The van der Waals surface area contributed by atoms with Crippen LogP contribution in [0.4, 0.5) is 0 Å². The molecule has 0 radical (unpaired) electrons. The Hall–Kier alpha value is -1.90. The standard InChI is InChI=1S/C18H22O3/c1-12(2)17(19)21-18(20)13(3)16(14-8-4-5-9-14)15-10-6-7-11-15/h8,10H,1,4-7,9,11H2,2-3H3. The van der Waals surface area contributed by atoms with Gasteiger partial charge in [-0.2, -0.15) is 0 Å². The minimum absolute atomic E-state index is 0.234. The fourth-order valence-electron chi connectivity index (χ4n) is 2.83. The van der Waals surface area contributed by atoms with E-state index in [9.17, 15) is 9.59 Å². The Kier molecular flexibility index (Phi) is 4.94. The first-order valence-corrected chi connectivity index (χ1v) is 7.52. The Morgan fingerprint density at radius 2 is 1.52 bits per heavy atom. The number of carbonyl (C=O) groups is 2. The molecule has 0 saturated heterocycles. The molecule has 0 aliphatic heterocycles. The highest BCUT2D eigenvalue weighted by atomic mass is 16.6. The zero-order valence-corrected chi connectivity index (χ0v) is 12.8. The molecule has 2 rings (SSSR count). The summed E-state index contributed by atoms with van der Waals surface area (Å²) in [4.78, 5) is 23.7. The summed E-state index contributed by atoms with van der Waals surface area (Å²) in [5.41, 5.74) is 4.22. The molecule has 3 nitrogen and oxygen atoms in total. The molecule has 0 fully saturated rings. The van der Waals surface area contributed by atoms with Gasteiger partial charge in [0.05, 0.1) is 0 Å². The highest BCUT2D eigenvalue weighted by Crippen LogP contribution is 2.36. The zero-order chi connectivity index (χ0) is 15.4. The van der Waals surface area contributed by atoms with Crippen molar-refractivity contribution in [1.29, 1.82) is 0 Å². The summed E-state index contributed by atoms with van der Waals surface area (Å²) < 4.78 is 4.88. The van der Waals surface area contributed by atoms with Gasteiger partial charge in [-0.1, -0.05) is 18.7 Å². The molecule has 0 spiro atoms. The van der Waals surface area contributed by atoms with Crippen LogP contribution in [0.2, 0.25) is 0 Å². The molecule has 2 aliphatic carbocycles. The van der Waals surface area contributed by atoms with Crippen molar-refractivity contribution in [3.63, 3.8) is 0 Å². The van der Waals surface area contributed by atoms with Crippen LogP contribution in [-0.2, 0) is 14.3 Å². The first-order chi connectivity index (χ1) is 10.0. The van der Waals surface area contributed by atoms with Gasteiger partial charge in [-0.05, 0) is 69.1 Å². The zero-order valence-electron chi connectivity index (χ0n) is 12.8. The molecule has 0 aromatic heterocycles. The van der Waals surface area contributed by atoms with Crippen molar-refractivity contribution < 1.29 is 14.3 Å². The van der Waals surface area contributed by atoms with E-state index in [4.69, 9.17) is 4.74 Å². The van der Waals surface area contributed by atoms with Crippen LogP contribution in [0.5, 0.6) is 0 Å². The van der Waals surface area contributed by atoms with E-state index in [-0.39, 0.29) is 5.57 Å². The van der Waals surface area contributed by atoms with Crippen molar-refractivity contribution in [1.82, 2.24) is 0 Å². The number of hydrogen-bond acceptors (Lipinski definition) is 3. The van der Waals surface area contributed by atoms with Crippen LogP contribution in [0, 0.1) is 0 Å². The highest BCUT2D eigenvalue weighted by molar-refractivity contribution is 6.02. The topological polar surface area (TPSA) is 43.4 Å². The lowest BCUT2D eigenvalue weighted by molar-refractivity contribution is -0.153. The smallest absolute Gasteiger partial charge is 0.342 e. The maximum atomic E-state index is 12.2. The fraction of sp³-hybridized carbons (Fsp3) is 0.444. The predicted molar refractivity (Wildman–Crippen MR) is 82.5 cm³/mol. The third-order valence-corrected chi connectivity index (χ3v) is 3.94. The number of rotatable bonds is 4. The summed E-state index contributed by atoms with van der Waals surface area (Å²) in [5, 5.41) is 0. The summed E-state index contributed by atoms with van der Waals surface area (Å²) in [5.74, 6) is -1.21. The second-order valence-electron chi connectivity index (χ2n) is 5.70. The van der Waals surface area contributed by atoms with Crippen molar-refractivity contribution in [2.75, 3.05) is 0 Å². The average Bonchev–Trinajstić information content (AvgIpc) is 3.12. The third kappa shape index (κ3) is 3.60. The van der Waals surface area contributed by atoms with Gasteiger partial charge in [-0.25, -0.2) is 9.59 Å². The van der Waals surface area contributed by atoms with Crippen LogP contribution in [0.1, 0.15) is 52.4 Å². The number of esters is 2. The van der Waals surface area contributed by atoms with E-state index >= 15 is 0 Å². The van der Waals surface area contributed by atoms with Gasteiger partial charge in [0.1, 0.15) is 0 Å². The number of ether oxygens (including phenoxy) is 1. The molecule has 3 heteroatoms. The van der Waals surface area contributed by atoms with E-state index in [1.54, 1.807) is 6.92 Å². The highest BCUT2D eigenvalue weighted by Gasteiger charge is 2.23. The van der Waals surface area contributed by atoms with Gasteiger partial charge in [-0.3, -0.25) is 0 Å². The number of carbonyl (C=O) groups excluding carboxylic acids is 2. The molecule has 21 heavy (non-hydrogen) atoms. The van der Waals surface area contributed by atoms with Crippen molar-refractivity contribution in [3.8, 4) is 0 Å². The Labute approximate surface area is 126 Å². The summed E-state index contributed by atoms with van der Waals surface area (Å²) in [6.45, 7) is 6.79. The van der Waals surface area contributed by atoms with Gasteiger partial charge < -0.3 is 4.74 Å². The van der Waals surface area contributed by atoms with Gasteiger partial charge in [-0.15, -0.1) is 0 Å². The maximum absolute atomic E-state index is 12.2.